The summed E-state index contributed by atoms with van der Waals surface area (Å²) in [5, 5.41) is 9.81. The zero-order valence-electron chi connectivity index (χ0n) is 14.7. The summed E-state index contributed by atoms with van der Waals surface area (Å²) < 4.78 is 33.1. The highest BCUT2D eigenvalue weighted by molar-refractivity contribution is 7.90. The van der Waals surface area contributed by atoms with E-state index in [1.807, 2.05) is 0 Å². The second kappa shape index (κ2) is 8.01. The van der Waals surface area contributed by atoms with Crippen LogP contribution in [-0.4, -0.2) is 43.4 Å². The molecule has 28 heavy (non-hydrogen) atoms. The molecule has 0 saturated heterocycles. The molecule has 1 N–H and O–H groups in total. The molecular formula is C18H15N3O6S. The molecule has 0 unspecified atom stereocenters. The Bertz CT molecular complexity index is 1090. The Balaban J connectivity index is 1.56. The van der Waals surface area contributed by atoms with Gasteiger partial charge in [-0.05, 0) is 42.5 Å². The van der Waals surface area contributed by atoms with Crippen LogP contribution in [0, 0.1) is 0 Å². The summed E-state index contributed by atoms with van der Waals surface area (Å²) >= 11 is 0. The maximum Gasteiger partial charge on any atom is 0.338 e. The van der Waals surface area contributed by atoms with Crippen LogP contribution in [0.2, 0.25) is 0 Å². The summed E-state index contributed by atoms with van der Waals surface area (Å²) in [5.74, 6) is -0.964. The second-order valence-electron chi connectivity index (χ2n) is 5.75. The monoisotopic (exact) mass is 401 g/mol. The summed E-state index contributed by atoms with van der Waals surface area (Å²) in [5.41, 5.74) is 1.17. The Labute approximate surface area is 160 Å². The van der Waals surface area contributed by atoms with Crippen molar-refractivity contribution in [3.63, 3.8) is 0 Å². The molecule has 0 saturated carbocycles. The standard InChI is InChI=1S/C18H15N3O6S/c1-28(24,25)15-4-2-3-14(9-15)20-16(22)10-26-18(23)13-7-5-12(6-8-13)17-21-19-11-27-17/h2-9,11H,10H2,1H3,(H,20,22). The van der Waals surface area contributed by atoms with E-state index in [0.29, 0.717) is 11.5 Å². The number of nitrogens with zero attached hydrogens (tertiary/aromatic N) is 2. The van der Waals surface area contributed by atoms with Crippen LogP contribution in [0.25, 0.3) is 11.5 Å². The van der Waals surface area contributed by atoms with E-state index in [1.165, 1.54) is 42.8 Å². The lowest BCUT2D eigenvalue weighted by Crippen LogP contribution is -2.21. The number of esters is 1. The molecule has 144 valence electrons. The van der Waals surface area contributed by atoms with Crippen LogP contribution in [0.5, 0.6) is 0 Å². The number of aromatic nitrogens is 2. The lowest BCUT2D eigenvalue weighted by Gasteiger charge is -2.08. The SMILES string of the molecule is CS(=O)(=O)c1cccc(NC(=O)COC(=O)c2ccc(-c3nnco3)cc2)c1. The predicted octanol–water partition coefficient (Wildman–Crippen LogP) is 1.94. The third-order valence-corrected chi connectivity index (χ3v) is 4.72. The first-order valence-electron chi connectivity index (χ1n) is 7.96. The molecule has 10 heteroatoms. The third-order valence-electron chi connectivity index (χ3n) is 3.61. The number of rotatable bonds is 6. The fourth-order valence-electron chi connectivity index (χ4n) is 2.26. The highest BCUT2D eigenvalue weighted by atomic mass is 32.2. The van der Waals surface area contributed by atoms with Gasteiger partial charge in [0.25, 0.3) is 5.91 Å². The zero-order chi connectivity index (χ0) is 20.1. The minimum Gasteiger partial charge on any atom is -0.452 e. The topological polar surface area (TPSA) is 128 Å². The Morgan fingerprint density at radius 1 is 1.14 bits per heavy atom. The molecule has 0 bridgehead atoms. The van der Waals surface area contributed by atoms with E-state index in [4.69, 9.17) is 9.15 Å². The fourth-order valence-corrected chi connectivity index (χ4v) is 2.93. The van der Waals surface area contributed by atoms with Gasteiger partial charge >= 0.3 is 5.97 Å². The van der Waals surface area contributed by atoms with E-state index in [1.54, 1.807) is 12.1 Å². The average molecular weight is 401 g/mol. The molecule has 9 nitrogen and oxygen atoms in total. The van der Waals surface area contributed by atoms with E-state index in [0.717, 1.165) is 6.26 Å². The molecular weight excluding hydrogens is 386 g/mol. The lowest BCUT2D eigenvalue weighted by atomic mass is 10.1. The Morgan fingerprint density at radius 2 is 1.89 bits per heavy atom. The summed E-state index contributed by atoms with van der Waals surface area (Å²) in [6.45, 7) is -0.520. The van der Waals surface area contributed by atoms with Crippen LogP contribution in [0.15, 0.2) is 64.2 Å². The minimum absolute atomic E-state index is 0.0728. The molecule has 3 rings (SSSR count). The highest BCUT2D eigenvalue weighted by Crippen LogP contribution is 2.17. The largest absolute Gasteiger partial charge is 0.452 e. The van der Waals surface area contributed by atoms with E-state index in [-0.39, 0.29) is 16.1 Å². The quantitative estimate of drug-likeness (QED) is 0.621. The Hall–Kier alpha value is -3.53. The summed E-state index contributed by atoms with van der Waals surface area (Å²) in [6.07, 6.45) is 2.27. The number of carbonyl (C=O) groups excluding carboxylic acids is 2. The maximum absolute atomic E-state index is 12.1. The molecule has 2 aromatic carbocycles. The number of nitrogens with one attached hydrogen (secondary N) is 1. The number of ether oxygens (including phenoxy) is 1. The number of hydrogen-bond acceptors (Lipinski definition) is 8. The van der Waals surface area contributed by atoms with Gasteiger partial charge in [-0.2, -0.15) is 0 Å². The van der Waals surface area contributed by atoms with Gasteiger partial charge in [0.1, 0.15) is 0 Å². The summed E-state index contributed by atoms with van der Waals surface area (Å²) in [6, 6.07) is 12.0. The highest BCUT2D eigenvalue weighted by Gasteiger charge is 2.13. The van der Waals surface area contributed by atoms with Crippen molar-refractivity contribution in [2.45, 2.75) is 4.90 Å². The molecule has 1 amide bonds. The van der Waals surface area contributed by atoms with Crippen molar-refractivity contribution in [2.24, 2.45) is 0 Å². The normalized spacial score (nSPS) is 11.0. The number of anilines is 1. The first kappa shape index (κ1) is 19.2. The molecule has 0 aliphatic heterocycles. The smallest absolute Gasteiger partial charge is 0.338 e. The molecule has 0 spiro atoms. The number of carbonyl (C=O) groups is 2. The van der Waals surface area contributed by atoms with Crippen molar-refractivity contribution in [3.05, 3.63) is 60.5 Å². The van der Waals surface area contributed by atoms with Gasteiger partial charge < -0.3 is 14.5 Å². The van der Waals surface area contributed by atoms with Gasteiger partial charge in [-0.1, -0.05) is 6.07 Å². The van der Waals surface area contributed by atoms with Gasteiger partial charge in [-0.25, -0.2) is 13.2 Å². The van der Waals surface area contributed by atoms with Crippen molar-refractivity contribution in [1.29, 1.82) is 0 Å². The minimum atomic E-state index is -3.39. The third kappa shape index (κ3) is 4.80. The molecule has 0 radical (unpaired) electrons. The van der Waals surface area contributed by atoms with Crippen molar-refractivity contribution in [3.8, 4) is 11.5 Å². The van der Waals surface area contributed by atoms with Crippen molar-refractivity contribution in [1.82, 2.24) is 10.2 Å². The number of benzene rings is 2. The van der Waals surface area contributed by atoms with Crippen molar-refractivity contribution < 1.29 is 27.2 Å². The molecule has 3 aromatic rings. The lowest BCUT2D eigenvalue weighted by molar-refractivity contribution is -0.119. The maximum atomic E-state index is 12.1. The van der Waals surface area contributed by atoms with E-state index in [2.05, 4.69) is 15.5 Å². The first-order valence-corrected chi connectivity index (χ1v) is 9.86. The Kier molecular flexibility index (Phi) is 5.50. The van der Waals surface area contributed by atoms with Crippen molar-refractivity contribution >= 4 is 27.4 Å². The van der Waals surface area contributed by atoms with Gasteiger partial charge in [0.2, 0.25) is 12.3 Å². The molecule has 0 aliphatic carbocycles. The molecule has 1 aromatic heterocycles. The van der Waals surface area contributed by atoms with E-state index in [9.17, 15) is 18.0 Å². The molecule has 1 heterocycles. The molecule has 0 fully saturated rings. The number of hydrogen-bond donors (Lipinski definition) is 1. The number of amides is 1. The molecule has 0 aliphatic rings. The summed E-state index contributed by atoms with van der Waals surface area (Å²) in [7, 11) is -3.39. The van der Waals surface area contributed by atoms with Crippen molar-refractivity contribution in [2.75, 3.05) is 18.2 Å². The van der Waals surface area contributed by atoms with Crippen LogP contribution in [0.1, 0.15) is 10.4 Å². The number of sulfone groups is 1. The first-order chi connectivity index (χ1) is 13.3. The van der Waals surface area contributed by atoms with Crippen LogP contribution >= 0.6 is 0 Å². The van der Waals surface area contributed by atoms with E-state index < -0.39 is 28.3 Å². The zero-order valence-corrected chi connectivity index (χ0v) is 15.5. The second-order valence-corrected chi connectivity index (χ2v) is 7.76. The fraction of sp³-hybridized carbons (Fsp3) is 0.111. The van der Waals surface area contributed by atoms with E-state index >= 15 is 0 Å². The van der Waals surface area contributed by atoms with Gasteiger partial charge in [-0.15, -0.1) is 10.2 Å². The van der Waals surface area contributed by atoms with Gasteiger partial charge in [0.15, 0.2) is 16.4 Å². The van der Waals surface area contributed by atoms with Gasteiger partial charge in [0.05, 0.1) is 10.5 Å². The Morgan fingerprint density at radius 3 is 2.54 bits per heavy atom. The van der Waals surface area contributed by atoms with Crippen LogP contribution in [0.3, 0.4) is 0 Å². The summed E-state index contributed by atoms with van der Waals surface area (Å²) in [4.78, 5) is 24.1. The van der Waals surface area contributed by atoms with Crippen LogP contribution in [0.4, 0.5) is 5.69 Å². The van der Waals surface area contributed by atoms with Crippen LogP contribution < -0.4 is 5.32 Å². The van der Waals surface area contributed by atoms with Gasteiger partial charge in [0, 0.05) is 17.5 Å². The predicted molar refractivity (Wildman–Crippen MR) is 98.2 cm³/mol. The molecule has 0 atom stereocenters. The average Bonchev–Trinajstić information content (AvgIpc) is 3.20. The van der Waals surface area contributed by atoms with Crippen LogP contribution in [-0.2, 0) is 19.4 Å². The van der Waals surface area contributed by atoms with Gasteiger partial charge in [-0.3, -0.25) is 4.79 Å².